The van der Waals surface area contributed by atoms with Gasteiger partial charge >= 0.3 is 5.97 Å². The summed E-state index contributed by atoms with van der Waals surface area (Å²) in [6, 6.07) is 7.65. The number of aliphatic hydroxyl groups excluding tert-OH is 1. The van der Waals surface area contributed by atoms with Gasteiger partial charge in [-0.3, -0.25) is 0 Å². The van der Waals surface area contributed by atoms with E-state index in [0.717, 1.165) is 11.3 Å². The standard InChI is InChI=1S/C17H24O5/c1-3-22-17(19)6-4-5-15(18)11-12-21-13-14-7-9-16(20-2)10-8-14/h4,6-10,15,18H,3,5,11-13H2,1-2H3/b6-4+/t15-/m0/s1. The minimum Gasteiger partial charge on any atom is -0.497 e. The molecule has 0 spiro atoms. The van der Waals surface area contributed by atoms with Crippen LogP contribution < -0.4 is 4.74 Å². The zero-order chi connectivity index (χ0) is 16.2. The van der Waals surface area contributed by atoms with Crippen LogP contribution in [0, 0.1) is 0 Å². The molecule has 0 saturated heterocycles. The number of aliphatic hydroxyl groups is 1. The van der Waals surface area contributed by atoms with Crippen molar-refractivity contribution >= 4 is 5.97 Å². The van der Waals surface area contributed by atoms with Gasteiger partial charge in [0.05, 0.1) is 26.4 Å². The maximum absolute atomic E-state index is 11.1. The van der Waals surface area contributed by atoms with Crippen LogP contribution in [0.3, 0.4) is 0 Å². The van der Waals surface area contributed by atoms with Crippen LogP contribution in [0.2, 0.25) is 0 Å². The van der Waals surface area contributed by atoms with Gasteiger partial charge in [0.2, 0.25) is 0 Å². The average Bonchev–Trinajstić information content (AvgIpc) is 2.52. The second-order valence-electron chi connectivity index (χ2n) is 4.73. The van der Waals surface area contributed by atoms with E-state index in [9.17, 15) is 9.90 Å². The van der Waals surface area contributed by atoms with E-state index in [1.165, 1.54) is 6.08 Å². The minimum absolute atomic E-state index is 0.352. The topological polar surface area (TPSA) is 65.0 Å². The highest BCUT2D eigenvalue weighted by atomic mass is 16.5. The van der Waals surface area contributed by atoms with E-state index in [2.05, 4.69) is 0 Å². The first-order chi connectivity index (χ1) is 10.7. The summed E-state index contributed by atoms with van der Waals surface area (Å²) in [5, 5.41) is 9.76. The molecule has 5 heteroatoms. The molecule has 1 aromatic carbocycles. The van der Waals surface area contributed by atoms with Crippen LogP contribution in [0.15, 0.2) is 36.4 Å². The fourth-order valence-corrected chi connectivity index (χ4v) is 1.76. The van der Waals surface area contributed by atoms with Crippen molar-refractivity contribution in [3.05, 3.63) is 42.0 Å². The Bertz CT molecular complexity index is 453. The molecule has 0 amide bonds. The first-order valence-corrected chi connectivity index (χ1v) is 7.37. The quantitative estimate of drug-likeness (QED) is 0.409. The van der Waals surface area contributed by atoms with Crippen LogP contribution in [-0.4, -0.2) is 37.5 Å². The van der Waals surface area contributed by atoms with Crippen LogP contribution in [0.5, 0.6) is 5.75 Å². The molecule has 1 rings (SSSR count). The summed E-state index contributed by atoms with van der Waals surface area (Å²) in [6.07, 6.45) is 3.35. The summed E-state index contributed by atoms with van der Waals surface area (Å²) in [5.74, 6) is 0.429. The van der Waals surface area contributed by atoms with Gasteiger partial charge < -0.3 is 19.3 Å². The van der Waals surface area contributed by atoms with Crippen molar-refractivity contribution in [2.24, 2.45) is 0 Å². The van der Waals surface area contributed by atoms with E-state index in [1.54, 1.807) is 20.1 Å². The molecule has 0 fully saturated rings. The molecular weight excluding hydrogens is 284 g/mol. The van der Waals surface area contributed by atoms with Gasteiger partial charge in [-0.1, -0.05) is 18.2 Å². The minimum atomic E-state index is -0.526. The van der Waals surface area contributed by atoms with Gasteiger partial charge in [0.15, 0.2) is 0 Å². The molecule has 0 aliphatic rings. The van der Waals surface area contributed by atoms with Gasteiger partial charge in [-0.25, -0.2) is 4.79 Å². The Labute approximate surface area is 131 Å². The van der Waals surface area contributed by atoms with Crippen LogP contribution in [-0.2, 0) is 20.9 Å². The molecule has 5 nitrogen and oxygen atoms in total. The van der Waals surface area contributed by atoms with E-state index in [-0.39, 0.29) is 5.97 Å². The van der Waals surface area contributed by atoms with E-state index in [1.807, 2.05) is 24.3 Å². The van der Waals surface area contributed by atoms with Crippen molar-refractivity contribution in [2.45, 2.75) is 32.5 Å². The van der Waals surface area contributed by atoms with Gasteiger partial charge in [-0.05, 0) is 37.5 Å². The lowest BCUT2D eigenvalue weighted by atomic mass is 10.2. The van der Waals surface area contributed by atoms with Crippen molar-refractivity contribution in [3.8, 4) is 5.75 Å². The van der Waals surface area contributed by atoms with Crippen molar-refractivity contribution in [1.82, 2.24) is 0 Å². The highest BCUT2D eigenvalue weighted by Gasteiger charge is 2.03. The zero-order valence-electron chi connectivity index (χ0n) is 13.2. The predicted molar refractivity (Wildman–Crippen MR) is 83.7 cm³/mol. The summed E-state index contributed by atoms with van der Waals surface area (Å²) in [6.45, 7) is 3.06. The Morgan fingerprint density at radius 2 is 2.05 bits per heavy atom. The number of benzene rings is 1. The predicted octanol–water partition coefficient (Wildman–Crippen LogP) is 2.47. The number of ether oxygens (including phenoxy) is 3. The van der Waals surface area contributed by atoms with Crippen LogP contribution >= 0.6 is 0 Å². The Kier molecular flexibility index (Phi) is 8.95. The molecule has 1 atom stereocenters. The smallest absolute Gasteiger partial charge is 0.330 e. The number of methoxy groups -OCH3 is 1. The summed E-state index contributed by atoms with van der Waals surface area (Å²) >= 11 is 0. The van der Waals surface area contributed by atoms with Crippen molar-refractivity contribution in [1.29, 1.82) is 0 Å². The molecule has 1 aromatic rings. The van der Waals surface area contributed by atoms with E-state index < -0.39 is 6.10 Å². The lowest BCUT2D eigenvalue weighted by Gasteiger charge is -2.09. The molecule has 0 bridgehead atoms. The summed E-state index contributed by atoms with van der Waals surface area (Å²) < 4.78 is 15.3. The average molecular weight is 308 g/mol. The molecule has 22 heavy (non-hydrogen) atoms. The molecule has 0 radical (unpaired) electrons. The maximum atomic E-state index is 11.1. The van der Waals surface area contributed by atoms with Gasteiger partial charge in [0, 0.05) is 12.7 Å². The molecule has 0 aliphatic carbocycles. The number of carbonyl (C=O) groups excluding carboxylic acids is 1. The van der Waals surface area contributed by atoms with Crippen LogP contribution in [0.1, 0.15) is 25.3 Å². The second-order valence-corrected chi connectivity index (χ2v) is 4.73. The fraction of sp³-hybridized carbons (Fsp3) is 0.471. The molecule has 0 aliphatic heterocycles. The fourth-order valence-electron chi connectivity index (χ4n) is 1.76. The van der Waals surface area contributed by atoms with Gasteiger partial charge in [-0.2, -0.15) is 0 Å². The SMILES string of the molecule is CCOC(=O)/C=C/C[C@H](O)CCOCc1ccc(OC)cc1. The number of hydrogen-bond donors (Lipinski definition) is 1. The third kappa shape index (κ3) is 7.81. The Balaban J connectivity index is 2.14. The van der Waals surface area contributed by atoms with Crippen molar-refractivity contribution < 1.29 is 24.1 Å². The van der Waals surface area contributed by atoms with Gasteiger partial charge in [0.1, 0.15) is 5.75 Å². The number of hydrogen-bond acceptors (Lipinski definition) is 5. The summed E-state index contributed by atoms with van der Waals surface area (Å²) in [4.78, 5) is 11.1. The highest BCUT2D eigenvalue weighted by molar-refractivity contribution is 5.81. The first kappa shape index (κ1) is 18.2. The Morgan fingerprint density at radius 1 is 1.32 bits per heavy atom. The number of carbonyl (C=O) groups is 1. The summed E-state index contributed by atoms with van der Waals surface area (Å²) in [5.41, 5.74) is 1.05. The monoisotopic (exact) mass is 308 g/mol. The van der Waals surface area contributed by atoms with E-state index in [0.29, 0.717) is 32.7 Å². The lowest BCUT2D eigenvalue weighted by Crippen LogP contribution is -2.10. The molecular formula is C17H24O5. The van der Waals surface area contributed by atoms with Crippen molar-refractivity contribution in [2.75, 3.05) is 20.3 Å². The third-order valence-electron chi connectivity index (χ3n) is 2.97. The molecule has 0 saturated carbocycles. The highest BCUT2D eigenvalue weighted by Crippen LogP contribution is 2.12. The summed E-state index contributed by atoms with van der Waals surface area (Å²) in [7, 11) is 1.63. The number of rotatable bonds is 10. The number of esters is 1. The molecule has 0 aromatic heterocycles. The van der Waals surface area contributed by atoms with Gasteiger partial charge in [-0.15, -0.1) is 0 Å². The van der Waals surface area contributed by atoms with E-state index >= 15 is 0 Å². The maximum Gasteiger partial charge on any atom is 0.330 e. The van der Waals surface area contributed by atoms with Crippen molar-refractivity contribution in [3.63, 3.8) is 0 Å². The van der Waals surface area contributed by atoms with Gasteiger partial charge in [0.25, 0.3) is 0 Å². The Hall–Kier alpha value is -1.85. The molecule has 0 heterocycles. The lowest BCUT2D eigenvalue weighted by molar-refractivity contribution is -0.137. The van der Waals surface area contributed by atoms with E-state index in [4.69, 9.17) is 14.2 Å². The van der Waals surface area contributed by atoms with Crippen LogP contribution in [0.25, 0.3) is 0 Å². The zero-order valence-corrected chi connectivity index (χ0v) is 13.2. The molecule has 122 valence electrons. The molecule has 0 unspecified atom stereocenters. The Morgan fingerprint density at radius 3 is 2.68 bits per heavy atom. The second kappa shape index (κ2) is 10.8. The third-order valence-corrected chi connectivity index (χ3v) is 2.97. The molecule has 1 N–H and O–H groups in total. The first-order valence-electron chi connectivity index (χ1n) is 7.37. The normalized spacial score (nSPS) is 12.3. The van der Waals surface area contributed by atoms with Crippen LogP contribution in [0.4, 0.5) is 0 Å². The largest absolute Gasteiger partial charge is 0.497 e.